The summed E-state index contributed by atoms with van der Waals surface area (Å²) in [5, 5.41) is 11.3. The molecule has 7 nitrogen and oxygen atoms in total. The van der Waals surface area contributed by atoms with Gasteiger partial charge in [-0.25, -0.2) is 4.79 Å². The van der Waals surface area contributed by atoms with Crippen molar-refractivity contribution in [3.63, 3.8) is 0 Å². The third kappa shape index (κ3) is 3.63. The molecule has 0 aromatic carbocycles. The molecular formula is C17H24F3N3O4. The number of nitrogens with zero attached hydrogens (tertiary/aromatic N) is 2. The number of aliphatic carboxylic acids is 1. The molecule has 1 aliphatic carbocycles. The van der Waals surface area contributed by atoms with Gasteiger partial charge in [-0.2, -0.15) is 13.2 Å². The van der Waals surface area contributed by atoms with Crippen molar-refractivity contribution in [3.8, 4) is 0 Å². The van der Waals surface area contributed by atoms with E-state index in [1.807, 2.05) is 18.7 Å². The van der Waals surface area contributed by atoms with Gasteiger partial charge in [0.15, 0.2) is 0 Å². The fourth-order valence-corrected chi connectivity index (χ4v) is 4.64. The van der Waals surface area contributed by atoms with Crippen LogP contribution in [0.15, 0.2) is 0 Å². The van der Waals surface area contributed by atoms with Crippen LogP contribution in [0.25, 0.3) is 0 Å². The smallest absolute Gasteiger partial charge is 0.471 e. The van der Waals surface area contributed by atoms with Crippen molar-refractivity contribution in [3.05, 3.63) is 0 Å². The van der Waals surface area contributed by atoms with Gasteiger partial charge < -0.3 is 20.2 Å². The summed E-state index contributed by atoms with van der Waals surface area (Å²) >= 11 is 0. The normalized spacial score (nSPS) is 30.7. The Morgan fingerprint density at radius 1 is 1.22 bits per heavy atom. The lowest BCUT2D eigenvalue weighted by Gasteiger charge is -2.33. The number of piperidine rings is 1. The highest BCUT2D eigenvalue weighted by atomic mass is 19.4. The van der Waals surface area contributed by atoms with Crippen LogP contribution < -0.4 is 5.32 Å². The molecule has 1 saturated carbocycles. The average Bonchev–Trinajstić information content (AvgIpc) is 3.01. The monoisotopic (exact) mass is 391 g/mol. The number of nitrogens with one attached hydrogen (secondary N) is 1. The Bertz CT molecular complexity index is 646. The van der Waals surface area contributed by atoms with Gasteiger partial charge in [0.2, 0.25) is 5.91 Å². The van der Waals surface area contributed by atoms with Crippen LogP contribution in [0.5, 0.6) is 0 Å². The highest BCUT2D eigenvalue weighted by Gasteiger charge is 2.69. The molecule has 4 atom stereocenters. The van der Waals surface area contributed by atoms with E-state index < -0.39 is 36.0 Å². The molecule has 1 unspecified atom stereocenters. The summed E-state index contributed by atoms with van der Waals surface area (Å²) in [6.07, 6.45) is -3.37. The van der Waals surface area contributed by atoms with Crippen molar-refractivity contribution < 1.29 is 32.7 Å². The van der Waals surface area contributed by atoms with Crippen LogP contribution in [0.2, 0.25) is 0 Å². The molecule has 27 heavy (non-hydrogen) atoms. The van der Waals surface area contributed by atoms with Crippen LogP contribution in [0.4, 0.5) is 13.2 Å². The van der Waals surface area contributed by atoms with Gasteiger partial charge >= 0.3 is 18.1 Å². The van der Waals surface area contributed by atoms with Crippen LogP contribution in [-0.2, 0) is 14.4 Å². The van der Waals surface area contributed by atoms with Gasteiger partial charge in [-0.3, -0.25) is 9.59 Å². The van der Waals surface area contributed by atoms with Crippen molar-refractivity contribution in [1.82, 2.24) is 15.1 Å². The van der Waals surface area contributed by atoms with Crippen molar-refractivity contribution in [1.29, 1.82) is 0 Å². The molecule has 10 heteroatoms. The van der Waals surface area contributed by atoms with E-state index in [2.05, 4.69) is 0 Å². The van der Waals surface area contributed by atoms with Crippen molar-refractivity contribution in [2.45, 2.75) is 44.9 Å². The summed E-state index contributed by atoms with van der Waals surface area (Å²) in [6, 6.07) is -2.49. The minimum atomic E-state index is -5.11. The number of likely N-dealkylation sites (tertiary alicyclic amines) is 2. The highest BCUT2D eigenvalue weighted by Crippen LogP contribution is 2.64. The molecule has 0 aromatic rings. The van der Waals surface area contributed by atoms with Crippen molar-refractivity contribution in [2.75, 3.05) is 26.2 Å². The van der Waals surface area contributed by atoms with E-state index >= 15 is 0 Å². The molecular weight excluding hydrogens is 367 g/mol. The minimum Gasteiger partial charge on any atom is -0.480 e. The summed E-state index contributed by atoms with van der Waals surface area (Å²) in [5.41, 5.74) is -0.209. The second-order valence-electron chi connectivity index (χ2n) is 8.26. The maximum absolute atomic E-state index is 12.9. The minimum absolute atomic E-state index is 0.00769. The van der Waals surface area contributed by atoms with Crippen LogP contribution in [0.1, 0.15) is 26.7 Å². The Kier molecular flexibility index (Phi) is 4.90. The molecule has 0 bridgehead atoms. The van der Waals surface area contributed by atoms with Crippen molar-refractivity contribution >= 4 is 17.8 Å². The molecule has 2 amide bonds. The molecule has 0 aromatic heterocycles. The number of fused-ring (bicyclic) bond motifs is 1. The average molecular weight is 391 g/mol. The molecule has 0 spiro atoms. The highest BCUT2D eigenvalue weighted by molar-refractivity contribution is 5.93. The largest absolute Gasteiger partial charge is 0.480 e. The van der Waals surface area contributed by atoms with Crippen LogP contribution in [0, 0.1) is 17.3 Å². The van der Waals surface area contributed by atoms with Gasteiger partial charge in [0.25, 0.3) is 0 Å². The number of carbonyl (C=O) groups excluding carboxylic acids is 2. The van der Waals surface area contributed by atoms with E-state index in [-0.39, 0.29) is 30.3 Å². The zero-order valence-electron chi connectivity index (χ0n) is 15.3. The second kappa shape index (κ2) is 6.65. The number of carbonyl (C=O) groups is 3. The molecule has 0 radical (unpaired) electrons. The quantitative estimate of drug-likeness (QED) is 0.720. The first-order valence-electron chi connectivity index (χ1n) is 9.08. The van der Waals surface area contributed by atoms with Gasteiger partial charge in [0.1, 0.15) is 12.1 Å². The van der Waals surface area contributed by atoms with Crippen LogP contribution >= 0.6 is 0 Å². The van der Waals surface area contributed by atoms with E-state index in [4.69, 9.17) is 0 Å². The van der Waals surface area contributed by atoms with Gasteiger partial charge in [0, 0.05) is 19.0 Å². The van der Waals surface area contributed by atoms with Crippen LogP contribution in [-0.4, -0.2) is 77.1 Å². The fourth-order valence-electron chi connectivity index (χ4n) is 4.64. The maximum Gasteiger partial charge on any atom is 0.471 e. The number of alkyl halides is 3. The zero-order valence-corrected chi connectivity index (χ0v) is 15.3. The number of halogens is 3. The number of amides is 2. The second-order valence-corrected chi connectivity index (χ2v) is 8.26. The topological polar surface area (TPSA) is 89.9 Å². The molecule has 2 aliphatic heterocycles. The molecule has 3 fully saturated rings. The summed E-state index contributed by atoms with van der Waals surface area (Å²) in [4.78, 5) is 39.0. The number of carboxylic acids is 1. The van der Waals surface area contributed by atoms with E-state index in [0.29, 0.717) is 13.1 Å². The Labute approximate surface area is 154 Å². The number of rotatable bonds is 5. The summed E-state index contributed by atoms with van der Waals surface area (Å²) in [6.45, 7) is 5.24. The predicted molar refractivity (Wildman–Crippen MR) is 87.6 cm³/mol. The van der Waals surface area contributed by atoms with E-state index in [1.54, 1.807) is 5.32 Å². The lowest BCUT2D eigenvalue weighted by Crippen LogP contribution is -2.58. The Morgan fingerprint density at radius 3 is 2.33 bits per heavy atom. The molecule has 3 aliphatic rings. The molecule has 2 saturated heterocycles. The van der Waals surface area contributed by atoms with Gasteiger partial charge in [-0.05, 0) is 37.3 Å². The number of carboxylic acid groups (broad SMARTS) is 1. The standard InChI is InChI=1S/C17H24F3N3O4/c1-16(2)9-7-23(12(11(9)16)14(25)26)13(24)10(8-22-5-3-4-6-22)21-15(27)17(18,19)20/h9-12H,3-8H2,1-2H3,(H,21,27)(H,25,26)/t9-,10?,11-,12-/m0/s1. The summed E-state index contributed by atoms with van der Waals surface area (Å²) in [5.74, 6) is -4.31. The number of hydrogen-bond donors (Lipinski definition) is 2. The summed E-state index contributed by atoms with van der Waals surface area (Å²) < 4.78 is 38.1. The Balaban J connectivity index is 1.77. The van der Waals surface area contributed by atoms with Gasteiger partial charge in [-0.15, -0.1) is 0 Å². The zero-order chi connectivity index (χ0) is 20.1. The fraction of sp³-hybridized carbons (Fsp3) is 0.824. The van der Waals surface area contributed by atoms with Crippen molar-refractivity contribution in [2.24, 2.45) is 17.3 Å². The first-order chi connectivity index (χ1) is 12.4. The van der Waals surface area contributed by atoms with E-state index in [0.717, 1.165) is 17.7 Å². The lowest BCUT2D eigenvalue weighted by atomic mass is 10.0. The van der Waals surface area contributed by atoms with Gasteiger partial charge in [0.05, 0.1) is 0 Å². The molecule has 3 rings (SSSR count). The van der Waals surface area contributed by atoms with Crippen LogP contribution in [0.3, 0.4) is 0 Å². The first kappa shape index (κ1) is 19.9. The lowest BCUT2D eigenvalue weighted by molar-refractivity contribution is -0.175. The molecule has 2 heterocycles. The van der Waals surface area contributed by atoms with Gasteiger partial charge in [-0.1, -0.05) is 13.8 Å². The Morgan fingerprint density at radius 2 is 1.81 bits per heavy atom. The third-order valence-electron chi connectivity index (χ3n) is 6.24. The number of hydrogen-bond acceptors (Lipinski definition) is 4. The third-order valence-corrected chi connectivity index (χ3v) is 6.24. The first-order valence-corrected chi connectivity index (χ1v) is 9.08. The molecule has 2 N–H and O–H groups in total. The SMILES string of the molecule is CC1(C)[C@@H]2[C@@H](C(=O)O)N(C(=O)C(CN3CCCC3)NC(=O)C(F)(F)F)C[C@@H]21. The van der Waals surface area contributed by atoms with E-state index in [9.17, 15) is 32.7 Å². The predicted octanol–water partition coefficient (Wildman–Crippen LogP) is 0.697. The molecule has 152 valence electrons. The summed E-state index contributed by atoms with van der Waals surface area (Å²) in [7, 11) is 0. The van der Waals surface area contributed by atoms with E-state index in [1.165, 1.54) is 0 Å². The Hall–Kier alpha value is -1.84. The maximum atomic E-state index is 12.9.